The lowest BCUT2D eigenvalue weighted by molar-refractivity contribution is 0.144. The number of aromatic nitrogens is 3. The minimum atomic E-state index is 0.493. The van der Waals surface area contributed by atoms with Crippen LogP contribution < -0.4 is 5.32 Å². The number of rotatable bonds is 4. The summed E-state index contributed by atoms with van der Waals surface area (Å²) in [5, 5.41) is 7.91. The van der Waals surface area contributed by atoms with Crippen LogP contribution in [0, 0.1) is 12.3 Å². The molecule has 0 unspecified atom stereocenters. The van der Waals surface area contributed by atoms with Crippen LogP contribution in [0.15, 0.2) is 18.2 Å². The maximum Gasteiger partial charge on any atom is 0.243 e. The summed E-state index contributed by atoms with van der Waals surface area (Å²) in [6, 6.07) is 6.05. The van der Waals surface area contributed by atoms with Crippen molar-refractivity contribution in [3.05, 3.63) is 23.9 Å². The summed E-state index contributed by atoms with van der Waals surface area (Å²) >= 11 is 0. The highest BCUT2D eigenvalue weighted by Gasteiger charge is 2.34. The molecular weight excluding hydrogens is 224 g/mol. The Labute approximate surface area is 107 Å². The molecule has 2 aromatic rings. The predicted molar refractivity (Wildman–Crippen MR) is 72.8 cm³/mol. The second kappa shape index (κ2) is 4.26. The van der Waals surface area contributed by atoms with E-state index in [1.165, 1.54) is 25.7 Å². The quantitative estimate of drug-likeness (QED) is 0.899. The Bertz CT molecular complexity index is 548. The average Bonchev–Trinajstić information content (AvgIpc) is 2.73. The van der Waals surface area contributed by atoms with Crippen molar-refractivity contribution in [2.45, 2.75) is 39.5 Å². The first kappa shape index (κ1) is 11.5. The lowest BCUT2D eigenvalue weighted by atomic mass is 9.67. The van der Waals surface area contributed by atoms with Gasteiger partial charge in [0.1, 0.15) is 0 Å². The van der Waals surface area contributed by atoms with Gasteiger partial charge in [0.25, 0.3) is 0 Å². The number of hydrogen-bond donors (Lipinski definition) is 1. The summed E-state index contributed by atoms with van der Waals surface area (Å²) in [4.78, 5) is 4.51. The van der Waals surface area contributed by atoms with Crippen LogP contribution >= 0.6 is 0 Å². The van der Waals surface area contributed by atoms with Crippen molar-refractivity contribution >= 4 is 11.6 Å². The van der Waals surface area contributed by atoms with Gasteiger partial charge in [-0.05, 0) is 43.7 Å². The van der Waals surface area contributed by atoms with E-state index in [4.69, 9.17) is 0 Å². The molecule has 18 heavy (non-hydrogen) atoms. The van der Waals surface area contributed by atoms with E-state index in [0.29, 0.717) is 5.41 Å². The number of pyridine rings is 1. The monoisotopic (exact) mass is 244 g/mol. The van der Waals surface area contributed by atoms with Crippen LogP contribution in [0.1, 0.15) is 38.3 Å². The maximum atomic E-state index is 4.51. The molecule has 1 N–H and O–H groups in total. The van der Waals surface area contributed by atoms with Crippen molar-refractivity contribution in [3.63, 3.8) is 0 Å². The van der Waals surface area contributed by atoms with Crippen molar-refractivity contribution < 1.29 is 0 Å². The van der Waals surface area contributed by atoms with Gasteiger partial charge in [-0.3, -0.25) is 0 Å². The zero-order chi connectivity index (χ0) is 12.6. The Kier molecular flexibility index (Phi) is 2.73. The summed E-state index contributed by atoms with van der Waals surface area (Å²) in [6.45, 7) is 5.33. The molecule has 0 radical (unpaired) electrons. The molecule has 0 bridgehead atoms. The SMILES string of the molecule is CCC1(CNc2nc3cccc(C)n3n2)CCC1. The number of nitrogens with zero attached hydrogens (tertiary/aromatic N) is 3. The number of fused-ring (bicyclic) bond motifs is 1. The molecule has 96 valence electrons. The molecule has 1 aliphatic rings. The normalized spacial score (nSPS) is 17.7. The highest BCUT2D eigenvalue weighted by Crippen LogP contribution is 2.43. The maximum absolute atomic E-state index is 4.51. The van der Waals surface area contributed by atoms with Crippen LogP contribution in [0.25, 0.3) is 5.65 Å². The zero-order valence-corrected chi connectivity index (χ0v) is 11.1. The predicted octanol–water partition coefficient (Wildman–Crippen LogP) is 3.03. The first-order valence-electron chi connectivity index (χ1n) is 6.79. The van der Waals surface area contributed by atoms with E-state index in [9.17, 15) is 0 Å². The third kappa shape index (κ3) is 1.85. The van der Waals surface area contributed by atoms with E-state index >= 15 is 0 Å². The number of anilines is 1. The molecule has 0 spiro atoms. The van der Waals surface area contributed by atoms with E-state index < -0.39 is 0 Å². The summed E-state index contributed by atoms with van der Waals surface area (Å²) in [5.74, 6) is 0.754. The van der Waals surface area contributed by atoms with E-state index in [1.807, 2.05) is 29.6 Å². The van der Waals surface area contributed by atoms with Gasteiger partial charge in [-0.15, -0.1) is 5.10 Å². The smallest absolute Gasteiger partial charge is 0.243 e. The van der Waals surface area contributed by atoms with Crippen LogP contribution in [0.2, 0.25) is 0 Å². The molecule has 4 heteroatoms. The molecule has 4 nitrogen and oxygen atoms in total. The molecule has 0 aliphatic heterocycles. The molecule has 3 rings (SSSR count). The van der Waals surface area contributed by atoms with Crippen molar-refractivity contribution in [1.29, 1.82) is 0 Å². The highest BCUT2D eigenvalue weighted by atomic mass is 15.3. The summed E-state index contributed by atoms with van der Waals surface area (Å²) < 4.78 is 1.89. The Morgan fingerprint density at radius 3 is 2.83 bits per heavy atom. The van der Waals surface area contributed by atoms with Crippen molar-refractivity contribution in [2.75, 3.05) is 11.9 Å². The molecule has 1 fully saturated rings. The van der Waals surface area contributed by atoms with Crippen LogP contribution in [-0.2, 0) is 0 Å². The lowest BCUT2D eigenvalue weighted by Gasteiger charge is -2.41. The standard InChI is InChI=1S/C14H20N4/c1-3-14(8-5-9-14)10-15-13-16-12-7-4-6-11(2)18(12)17-13/h4,6-7H,3,5,8-10H2,1-2H3,(H,15,17). The van der Waals surface area contributed by atoms with Crippen molar-refractivity contribution in [1.82, 2.24) is 14.6 Å². The second-order valence-corrected chi connectivity index (χ2v) is 5.43. The fourth-order valence-corrected chi connectivity index (χ4v) is 2.71. The first-order valence-corrected chi connectivity index (χ1v) is 6.79. The molecule has 2 aromatic heterocycles. The number of aryl methyl sites for hydroxylation is 1. The van der Waals surface area contributed by atoms with Crippen molar-refractivity contribution in [2.24, 2.45) is 5.41 Å². The van der Waals surface area contributed by atoms with Crippen LogP contribution in [-0.4, -0.2) is 21.1 Å². The Morgan fingerprint density at radius 1 is 1.39 bits per heavy atom. The average molecular weight is 244 g/mol. The van der Waals surface area contributed by atoms with E-state index in [2.05, 4.69) is 22.3 Å². The largest absolute Gasteiger partial charge is 0.352 e. The molecule has 1 aliphatic carbocycles. The Hall–Kier alpha value is -1.58. The van der Waals surface area contributed by atoms with E-state index in [0.717, 1.165) is 23.8 Å². The van der Waals surface area contributed by atoms with E-state index in [1.54, 1.807) is 0 Å². The molecule has 1 saturated carbocycles. The van der Waals surface area contributed by atoms with E-state index in [-0.39, 0.29) is 0 Å². The fourth-order valence-electron chi connectivity index (χ4n) is 2.71. The Morgan fingerprint density at radius 2 is 2.22 bits per heavy atom. The fraction of sp³-hybridized carbons (Fsp3) is 0.571. The topological polar surface area (TPSA) is 42.2 Å². The molecule has 0 amide bonds. The summed E-state index contributed by atoms with van der Waals surface area (Å²) in [5.41, 5.74) is 2.52. The highest BCUT2D eigenvalue weighted by molar-refractivity contribution is 5.44. The minimum Gasteiger partial charge on any atom is -0.352 e. The molecule has 2 heterocycles. The first-order chi connectivity index (χ1) is 8.72. The van der Waals surface area contributed by atoms with Crippen LogP contribution in [0.3, 0.4) is 0 Å². The van der Waals surface area contributed by atoms with Gasteiger partial charge in [0, 0.05) is 12.2 Å². The second-order valence-electron chi connectivity index (χ2n) is 5.43. The molecule has 0 aromatic carbocycles. The summed E-state index contributed by atoms with van der Waals surface area (Å²) in [7, 11) is 0. The van der Waals surface area contributed by atoms with Gasteiger partial charge in [0.15, 0.2) is 5.65 Å². The number of hydrogen-bond acceptors (Lipinski definition) is 3. The number of nitrogens with one attached hydrogen (secondary N) is 1. The van der Waals surface area contributed by atoms with Gasteiger partial charge in [0.05, 0.1) is 0 Å². The van der Waals surface area contributed by atoms with Gasteiger partial charge >= 0.3 is 0 Å². The van der Waals surface area contributed by atoms with Crippen LogP contribution in [0.4, 0.5) is 5.95 Å². The van der Waals surface area contributed by atoms with Gasteiger partial charge < -0.3 is 5.32 Å². The lowest BCUT2D eigenvalue weighted by Crippen LogP contribution is -2.36. The minimum absolute atomic E-state index is 0.493. The van der Waals surface area contributed by atoms with Crippen LogP contribution in [0.5, 0.6) is 0 Å². The Balaban J connectivity index is 1.77. The van der Waals surface area contributed by atoms with Gasteiger partial charge in [-0.1, -0.05) is 19.4 Å². The molecule has 0 saturated heterocycles. The zero-order valence-electron chi connectivity index (χ0n) is 11.1. The van der Waals surface area contributed by atoms with Gasteiger partial charge in [-0.25, -0.2) is 4.52 Å². The van der Waals surface area contributed by atoms with Gasteiger partial charge in [0.2, 0.25) is 5.95 Å². The van der Waals surface area contributed by atoms with Gasteiger partial charge in [-0.2, -0.15) is 4.98 Å². The molecule has 0 atom stereocenters. The summed E-state index contributed by atoms with van der Waals surface area (Å²) in [6.07, 6.45) is 5.28. The third-order valence-electron chi connectivity index (χ3n) is 4.33. The molecular formula is C14H20N4. The third-order valence-corrected chi connectivity index (χ3v) is 4.33. The van der Waals surface area contributed by atoms with Crippen molar-refractivity contribution in [3.8, 4) is 0 Å².